The third-order valence-electron chi connectivity index (χ3n) is 2.33. The van der Waals surface area contributed by atoms with Crippen LogP contribution >= 0.6 is 0 Å². The van der Waals surface area contributed by atoms with Crippen molar-refractivity contribution in [2.24, 2.45) is 0 Å². The second-order valence-electron chi connectivity index (χ2n) is 3.41. The molecule has 0 bridgehead atoms. The maximum atomic E-state index is 9.11. The van der Waals surface area contributed by atoms with Gasteiger partial charge in [-0.2, -0.15) is 0 Å². The van der Waals surface area contributed by atoms with E-state index in [2.05, 4.69) is 4.98 Å². The van der Waals surface area contributed by atoms with Crippen LogP contribution in [0.5, 0.6) is 5.88 Å². The molecular formula is C13H13NO2. The third kappa shape index (κ3) is 2.20. The number of pyridine rings is 1. The Morgan fingerprint density at radius 1 is 1.12 bits per heavy atom. The number of aromatic nitrogens is 1. The lowest BCUT2D eigenvalue weighted by Crippen LogP contribution is -1.94. The summed E-state index contributed by atoms with van der Waals surface area (Å²) in [5.74, 6) is 0.519. The van der Waals surface area contributed by atoms with Crippen LogP contribution < -0.4 is 4.74 Å². The van der Waals surface area contributed by atoms with Crippen LogP contribution in [-0.2, 0) is 6.61 Å². The van der Waals surface area contributed by atoms with Gasteiger partial charge < -0.3 is 9.84 Å². The van der Waals surface area contributed by atoms with Crippen molar-refractivity contribution in [3.63, 3.8) is 0 Å². The molecule has 0 saturated heterocycles. The fraction of sp³-hybridized carbons (Fsp3) is 0.154. The molecular weight excluding hydrogens is 202 g/mol. The minimum absolute atomic E-state index is 0.0863. The largest absolute Gasteiger partial charge is 0.481 e. The van der Waals surface area contributed by atoms with Gasteiger partial charge in [-0.25, -0.2) is 4.98 Å². The number of ether oxygens (including phenoxy) is 1. The molecule has 1 heterocycles. The van der Waals surface area contributed by atoms with Crippen LogP contribution in [0.3, 0.4) is 0 Å². The lowest BCUT2D eigenvalue weighted by molar-refractivity contribution is 0.274. The maximum absolute atomic E-state index is 9.11. The van der Waals surface area contributed by atoms with Crippen molar-refractivity contribution in [3.05, 3.63) is 48.2 Å². The van der Waals surface area contributed by atoms with Gasteiger partial charge in [0.15, 0.2) is 0 Å². The topological polar surface area (TPSA) is 42.4 Å². The molecule has 0 atom stereocenters. The van der Waals surface area contributed by atoms with Crippen molar-refractivity contribution < 1.29 is 9.84 Å². The molecule has 0 unspecified atom stereocenters. The van der Waals surface area contributed by atoms with Gasteiger partial charge in [0.1, 0.15) is 0 Å². The van der Waals surface area contributed by atoms with Gasteiger partial charge in [0, 0.05) is 6.07 Å². The summed E-state index contributed by atoms with van der Waals surface area (Å²) in [7, 11) is 1.57. The standard InChI is InChI=1S/C13H13NO2/c1-16-13-8-11(7-12(9-15)14-13)10-5-3-2-4-6-10/h2-8,15H,9H2,1H3. The first-order valence-electron chi connectivity index (χ1n) is 5.04. The highest BCUT2D eigenvalue weighted by molar-refractivity contribution is 5.64. The highest BCUT2D eigenvalue weighted by atomic mass is 16.5. The molecule has 1 aromatic heterocycles. The summed E-state index contributed by atoms with van der Waals surface area (Å²) < 4.78 is 5.10. The summed E-state index contributed by atoms with van der Waals surface area (Å²) in [5.41, 5.74) is 2.69. The minimum atomic E-state index is -0.0863. The Morgan fingerprint density at radius 2 is 1.88 bits per heavy atom. The quantitative estimate of drug-likeness (QED) is 0.853. The number of benzene rings is 1. The predicted molar refractivity (Wildman–Crippen MR) is 62.1 cm³/mol. The van der Waals surface area contributed by atoms with Gasteiger partial charge in [-0.15, -0.1) is 0 Å². The second-order valence-corrected chi connectivity index (χ2v) is 3.41. The number of methoxy groups -OCH3 is 1. The third-order valence-corrected chi connectivity index (χ3v) is 2.33. The van der Waals surface area contributed by atoms with Gasteiger partial charge in [0.25, 0.3) is 0 Å². The molecule has 3 nitrogen and oxygen atoms in total. The van der Waals surface area contributed by atoms with Gasteiger partial charge in [-0.1, -0.05) is 30.3 Å². The van der Waals surface area contributed by atoms with E-state index < -0.39 is 0 Å². The number of aliphatic hydroxyl groups excluding tert-OH is 1. The van der Waals surface area contributed by atoms with Gasteiger partial charge in [-0.05, 0) is 17.2 Å². The molecule has 0 aliphatic carbocycles. The molecule has 2 aromatic rings. The first-order valence-corrected chi connectivity index (χ1v) is 5.04. The van der Waals surface area contributed by atoms with Crippen LogP contribution in [0.25, 0.3) is 11.1 Å². The monoisotopic (exact) mass is 215 g/mol. The van der Waals surface area contributed by atoms with Crippen molar-refractivity contribution in [3.8, 4) is 17.0 Å². The zero-order chi connectivity index (χ0) is 11.4. The van der Waals surface area contributed by atoms with Gasteiger partial charge in [0.2, 0.25) is 5.88 Å². The molecule has 16 heavy (non-hydrogen) atoms. The number of aliphatic hydroxyl groups is 1. The first kappa shape index (κ1) is 10.6. The Labute approximate surface area is 94.3 Å². The summed E-state index contributed by atoms with van der Waals surface area (Å²) in [6, 6.07) is 13.6. The molecule has 0 spiro atoms. The number of hydrogen-bond donors (Lipinski definition) is 1. The van der Waals surface area contributed by atoms with Crippen molar-refractivity contribution in [1.29, 1.82) is 0 Å². The fourth-order valence-corrected chi connectivity index (χ4v) is 1.54. The normalized spacial score (nSPS) is 10.1. The first-order chi connectivity index (χ1) is 7.83. The molecule has 1 N–H and O–H groups in total. The summed E-state index contributed by atoms with van der Waals surface area (Å²) in [6.07, 6.45) is 0. The maximum Gasteiger partial charge on any atom is 0.213 e. The number of rotatable bonds is 3. The van der Waals surface area contributed by atoms with E-state index in [9.17, 15) is 0 Å². The Kier molecular flexibility index (Phi) is 3.17. The van der Waals surface area contributed by atoms with Crippen molar-refractivity contribution in [1.82, 2.24) is 4.98 Å². The zero-order valence-electron chi connectivity index (χ0n) is 9.05. The van der Waals surface area contributed by atoms with Crippen LogP contribution in [-0.4, -0.2) is 17.2 Å². The van der Waals surface area contributed by atoms with Gasteiger partial charge in [0.05, 0.1) is 19.4 Å². The van der Waals surface area contributed by atoms with E-state index in [1.807, 2.05) is 42.5 Å². The summed E-state index contributed by atoms with van der Waals surface area (Å²) in [5, 5.41) is 9.11. The van der Waals surface area contributed by atoms with Crippen LogP contribution in [0.4, 0.5) is 0 Å². The van der Waals surface area contributed by atoms with Crippen LogP contribution in [0.1, 0.15) is 5.69 Å². The van der Waals surface area contributed by atoms with Crippen LogP contribution in [0.15, 0.2) is 42.5 Å². The van der Waals surface area contributed by atoms with Gasteiger partial charge in [-0.3, -0.25) is 0 Å². The molecule has 0 aliphatic rings. The lowest BCUT2D eigenvalue weighted by Gasteiger charge is -2.06. The summed E-state index contributed by atoms with van der Waals surface area (Å²) in [4.78, 5) is 4.12. The van der Waals surface area contributed by atoms with Crippen LogP contribution in [0, 0.1) is 0 Å². The average molecular weight is 215 g/mol. The van der Waals surface area contributed by atoms with Crippen molar-refractivity contribution >= 4 is 0 Å². The molecule has 0 amide bonds. The Hall–Kier alpha value is -1.87. The van der Waals surface area contributed by atoms with E-state index in [4.69, 9.17) is 9.84 Å². The van der Waals surface area contributed by atoms with E-state index in [1.165, 1.54) is 0 Å². The highest BCUT2D eigenvalue weighted by Crippen LogP contribution is 2.23. The molecule has 0 aliphatic heterocycles. The molecule has 3 heteroatoms. The second kappa shape index (κ2) is 4.77. The van der Waals surface area contributed by atoms with E-state index in [0.29, 0.717) is 11.6 Å². The molecule has 2 rings (SSSR count). The molecule has 0 radical (unpaired) electrons. The van der Waals surface area contributed by atoms with Crippen molar-refractivity contribution in [2.45, 2.75) is 6.61 Å². The summed E-state index contributed by atoms with van der Waals surface area (Å²) in [6.45, 7) is -0.0863. The van der Waals surface area contributed by atoms with Crippen LogP contribution in [0.2, 0.25) is 0 Å². The Bertz CT molecular complexity index is 446. The molecule has 0 fully saturated rings. The zero-order valence-corrected chi connectivity index (χ0v) is 9.05. The van der Waals surface area contributed by atoms with E-state index in [1.54, 1.807) is 7.11 Å². The lowest BCUT2D eigenvalue weighted by atomic mass is 10.1. The minimum Gasteiger partial charge on any atom is -0.481 e. The molecule has 1 aromatic carbocycles. The van der Waals surface area contributed by atoms with Crippen molar-refractivity contribution in [2.75, 3.05) is 7.11 Å². The molecule has 0 saturated carbocycles. The number of hydrogen-bond acceptors (Lipinski definition) is 3. The predicted octanol–water partition coefficient (Wildman–Crippen LogP) is 2.25. The van der Waals surface area contributed by atoms with Gasteiger partial charge >= 0.3 is 0 Å². The summed E-state index contributed by atoms with van der Waals surface area (Å²) >= 11 is 0. The Morgan fingerprint density at radius 3 is 2.50 bits per heavy atom. The van der Waals surface area contributed by atoms with E-state index in [-0.39, 0.29) is 6.61 Å². The van der Waals surface area contributed by atoms with E-state index in [0.717, 1.165) is 11.1 Å². The average Bonchev–Trinajstić information content (AvgIpc) is 2.39. The fourth-order valence-electron chi connectivity index (χ4n) is 1.54. The Balaban J connectivity index is 2.48. The SMILES string of the molecule is COc1cc(-c2ccccc2)cc(CO)n1. The molecule has 82 valence electrons. The highest BCUT2D eigenvalue weighted by Gasteiger charge is 2.03. The number of nitrogens with zero attached hydrogens (tertiary/aromatic N) is 1. The smallest absolute Gasteiger partial charge is 0.213 e. The van der Waals surface area contributed by atoms with E-state index >= 15 is 0 Å².